The van der Waals surface area contributed by atoms with Crippen LogP contribution in [-0.2, 0) is 4.79 Å². The lowest BCUT2D eigenvalue weighted by Crippen LogP contribution is -2.50. The second-order valence-corrected chi connectivity index (χ2v) is 2.45. The molecule has 1 aliphatic rings. The third-order valence-electron chi connectivity index (χ3n) is 1.73. The van der Waals surface area contributed by atoms with Gasteiger partial charge < -0.3 is 15.7 Å². The van der Waals surface area contributed by atoms with Crippen molar-refractivity contribution < 1.29 is 9.90 Å². The van der Waals surface area contributed by atoms with Crippen LogP contribution in [0.15, 0.2) is 0 Å². The first-order valence-electron chi connectivity index (χ1n) is 3.43. The lowest BCUT2D eigenvalue weighted by Gasteiger charge is -2.27. The summed E-state index contributed by atoms with van der Waals surface area (Å²) < 4.78 is 0. The number of hydrogen-bond donors (Lipinski definition) is 3. The number of aliphatic hydroxyl groups is 1. The summed E-state index contributed by atoms with van der Waals surface area (Å²) >= 11 is 0. The first kappa shape index (κ1) is 11.1. The van der Waals surface area contributed by atoms with Crippen molar-refractivity contribution in [3.63, 3.8) is 0 Å². The van der Waals surface area contributed by atoms with Crippen molar-refractivity contribution in [2.75, 3.05) is 13.1 Å². The number of carbonyl (C=O) groups excluding carboxylic acids is 1. The van der Waals surface area contributed by atoms with Gasteiger partial charge in [0.1, 0.15) is 0 Å². The molecule has 0 saturated carbocycles. The minimum Gasteiger partial charge on any atom is -0.390 e. The highest BCUT2D eigenvalue weighted by Gasteiger charge is 2.21. The van der Waals surface area contributed by atoms with Gasteiger partial charge in [0.05, 0.1) is 12.1 Å². The standard InChI is InChI=1S/C6H12N2O2.HI/c9-4-8-5-1-2-7-3-6(5)10;/h4-7,10H,1-3H2,(H,8,9);1H/t5-,6+;/m1./s1. The van der Waals surface area contributed by atoms with E-state index in [2.05, 4.69) is 10.6 Å². The molecular formula is C6H13IN2O2. The molecule has 0 aromatic rings. The van der Waals surface area contributed by atoms with Crippen LogP contribution >= 0.6 is 24.0 Å². The van der Waals surface area contributed by atoms with E-state index in [9.17, 15) is 9.90 Å². The van der Waals surface area contributed by atoms with Gasteiger partial charge in [0.25, 0.3) is 0 Å². The fraction of sp³-hybridized carbons (Fsp3) is 0.833. The van der Waals surface area contributed by atoms with Crippen LogP contribution in [-0.4, -0.2) is 36.8 Å². The SMILES string of the molecule is I.O=CN[C@@H]1CCNC[C@@H]1O. The molecule has 0 spiro atoms. The second-order valence-electron chi connectivity index (χ2n) is 2.45. The summed E-state index contributed by atoms with van der Waals surface area (Å²) in [6.45, 7) is 1.44. The maximum Gasteiger partial charge on any atom is 0.207 e. The van der Waals surface area contributed by atoms with Crippen LogP contribution in [0.25, 0.3) is 0 Å². The average molecular weight is 272 g/mol. The third-order valence-corrected chi connectivity index (χ3v) is 1.73. The van der Waals surface area contributed by atoms with E-state index in [-0.39, 0.29) is 30.0 Å². The van der Waals surface area contributed by atoms with Gasteiger partial charge in [-0.2, -0.15) is 0 Å². The molecule has 5 heteroatoms. The highest BCUT2D eigenvalue weighted by atomic mass is 127. The van der Waals surface area contributed by atoms with Crippen LogP contribution in [0.1, 0.15) is 6.42 Å². The molecule has 1 rings (SSSR count). The van der Waals surface area contributed by atoms with E-state index < -0.39 is 6.10 Å². The number of piperidine rings is 1. The van der Waals surface area contributed by atoms with Gasteiger partial charge in [0, 0.05) is 6.54 Å². The Bertz CT molecular complexity index is 123. The molecule has 11 heavy (non-hydrogen) atoms. The highest BCUT2D eigenvalue weighted by molar-refractivity contribution is 14.0. The molecule has 0 aromatic heterocycles. The largest absolute Gasteiger partial charge is 0.390 e. The second kappa shape index (κ2) is 5.73. The number of carbonyl (C=O) groups is 1. The van der Waals surface area contributed by atoms with Crippen LogP contribution < -0.4 is 10.6 Å². The van der Waals surface area contributed by atoms with E-state index in [0.29, 0.717) is 13.0 Å². The number of rotatable bonds is 2. The van der Waals surface area contributed by atoms with Crippen molar-refractivity contribution in [1.82, 2.24) is 10.6 Å². The van der Waals surface area contributed by atoms with Gasteiger partial charge in [-0.25, -0.2) is 0 Å². The summed E-state index contributed by atoms with van der Waals surface area (Å²) in [7, 11) is 0. The Labute approximate surface area is 82.8 Å². The first-order valence-corrected chi connectivity index (χ1v) is 3.43. The van der Waals surface area contributed by atoms with Crippen molar-refractivity contribution in [2.24, 2.45) is 0 Å². The van der Waals surface area contributed by atoms with Crippen molar-refractivity contribution in [3.05, 3.63) is 0 Å². The van der Waals surface area contributed by atoms with Crippen molar-refractivity contribution in [3.8, 4) is 0 Å². The predicted octanol–water partition coefficient (Wildman–Crippen LogP) is -0.927. The van der Waals surface area contributed by atoms with Crippen LogP contribution in [0.4, 0.5) is 0 Å². The normalized spacial score (nSPS) is 30.3. The van der Waals surface area contributed by atoms with Gasteiger partial charge in [-0.05, 0) is 13.0 Å². The van der Waals surface area contributed by atoms with Crippen LogP contribution in [0, 0.1) is 0 Å². The maximum absolute atomic E-state index is 9.98. The molecular weight excluding hydrogens is 259 g/mol. The smallest absolute Gasteiger partial charge is 0.207 e. The Morgan fingerprint density at radius 1 is 1.64 bits per heavy atom. The molecule has 66 valence electrons. The van der Waals surface area contributed by atoms with Crippen molar-refractivity contribution >= 4 is 30.4 Å². The van der Waals surface area contributed by atoms with E-state index in [0.717, 1.165) is 13.0 Å². The average Bonchev–Trinajstić information content (AvgIpc) is 1.94. The molecule has 1 aliphatic heterocycles. The lowest BCUT2D eigenvalue weighted by molar-refractivity contribution is -0.111. The fourth-order valence-corrected chi connectivity index (χ4v) is 1.12. The van der Waals surface area contributed by atoms with Gasteiger partial charge in [-0.1, -0.05) is 0 Å². The lowest BCUT2D eigenvalue weighted by atomic mass is 10.0. The summed E-state index contributed by atoms with van der Waals surface area (Å²) in [6.07, 6.45) is 1.01. The van der Waals surface area contributed by atoms with Crippen LogP contribution in [0.3, 0.4) is 0 Å². The molecule has 1 amide bonds. The summed E-state index contributed by atoms with van der Waals surface area (Å²) in [4.78, 5) is 9.98. The minimum absolute atomic E-state index is 0. The Hall–Kier alpha value is 0.120. The maximum atomic E-state index is 9.98. The number of amides is 1. The summed E-state index contributed by atoms with van der Waals surface area (Å²) in [5, 5.41) is 14.8. The van der Waals surface area contributed by atoms with E-state index in [1.165, 1.54) is 0 Å². The summed E-state index contributed by atoms with van der Waals surface area (Å²) in [5.41, 5.74) is 0. The molecule has 0 aromatic carbocycles. The molecule has 0 bridgehead atoms. The zero-order valence-corrected chi connectivity index (χ0v) is 8.45. The number of aliphatic hydroxyl groups excluding tert-OH is 1. The Balaban J connectivity index is 0.000001000. The third kappa shape index (κ3) is 3.35. The molecule has 1 heterocycles. The first-order chi connectivity index (χ1) is 4.84. The van der Waals surface area contributed by atoms with Gasteiger partial charge in [0.2, 0.25) is 6.41 Å². The Morgan fingerprint density at radius 2 is 2.36 bits per heavy atom. The number of hydrogen-bond acceptors (Lipinski definition) is 3. The molecule has 0 unspecified atom stereocenters. The molecule has 2 atom stereocenters. The van der Waals surface area contributed by atoms with E-state index in [1.54, 1.807) is 0 Å². The van der Waals surface area contributed by atoms with E-state index >= 15 is 0 Å². The topological polar surface area (TPSA) is 61.4 Å². The molecule has 1 fully saturated rings. The molecule has 3 N–H and O–H groups in total. The van der Waals surface area contributed by atoms with Gasteiger partial charge in [-0.15, -0.1) is 24.0 Å². The summed E-state index contributed by atoms with van der Waals surface area (Å²) in [6, 6.07) is -0.0567. The molecule has 4 nitrogen and oxygen atoms in total. The fourth-order valence-electron chi connectivity index (χ4n) is 1.12. The highest BCUT2D eigenvalue weighted by Crippen LogP contribution is 2.01. The molecule has 1 saturated heterocycles. The molecule has 0 radical (unpaired) electrons. The number of halogens is 1. The van der Waals surface area contributed by atoms with Gasteiger partial charge in [-0.3, -0.25) is 4.79 Å². The van der Waals surface area contributed by atoms with E-state index in [4.69, 9.17) is 0 Å². The van der Waals surface area contributed by atoms with Crippen LogP contribution in [0.5, 0.6) is 0 Å². The zero-order chi connectivity index (χ0) is 7.40. The van der Waals surface area contributed by atoms with Gasteiger partial charge in [0.15, 0.2) is 0 Å². The predicted molar refractivity (Wildman–Crippen MR) is 51.9 cm³/mol. The zero-order valence-electron chi connectivity index (χ0n) is 6.12. The minimum atomic E-state index is -0.432. The summed E-state index contributed by atoms with van der Waals surface area (Å²) in [5.74, 6) is 0. The van der Waals surface area contributed by atoms with Crippen molar-refractivity contribution in [2.45, 2.75) is 18.6 Å². The van der Waals surface area contributed by atoms with Crippen LogP contribution in [0.2, 0.25) is 0 Å². The number of nitrogens with one attached hydrogen (secondary N) is 2. The number of β-amino-alcohol motifs (C(OH)–C–C–N with tert-alkyl or cyclic N) is 1. The quantitative estimate of drug-likeness (QED) is 0.450. The van der Waals surface area contributed by atoms with Gasteiger partial charge >= 0.3 is 0 Å². The Kier molecular flexibility index (Phi) is 5.79. The van der Waals surface area contributed by atoms with Crippen molar-refractivity contribution in [1.29, 1.82) is 0 Å². The molecule has 0 aliphatic carbocycles. The monoisotopic (exact) mass is 272 g/mol. The van der Waals surface area contributed by atoms with E-state index in [1.807, 2.05) is 0 Å². The Morgan fingerprint density at radius 3 is 2.91 bits per heavy atom.